The fourth-order valence-electron chi connectivity index (χ4n) is 3.36. The maximum atomic E-state index is 12.6. The quantitative estimate of drug-likeness (QED) is 0.428. The van der Waals surface area contributed by atoms with Crippen LogP contribution in [0, 0.1) is 0 Å². The number of nitrogens with zero attached hydrogens (tertiary/aromatic N) is 2. The van der Waals surface area contributed by atoms with E-state index in [9.17, 15) is 18.4 Å². The summed E-state index contributed by atoms with van der Waals surface area (Å²) in [5, 5.41) is 4.84. The van der Waals surface area contributed by atoms with Crippen LogP contribution in [-0.4, -0.2) is 28.1 Å². The van der Waals surface area contributed by atoms with Gasteiger partial charge in [-0.1, -0.05) is 6.07 Å². The molecule has 1 saturated carbocycles. The molecule has 8 nitrogen and oxygen atoms in total. The molecule has 11 heteroatoms. The molecule has 0 aliphatic heterocycles. The first-order valence-electron chi connectivity index (χ1n) is 10.2. The van der Waals surface area contributed by atoms with Crippen LogP contribution >= 0.6 is 11.3 Å². The van der Waals surface area contributed by atoms with E-state index >= 15 is 0 Å². The molecule has 1 aliphatic rings. The predicted octanol–water partition coefficient (Wildman–Crippen LogP) is 3.76. The molecule has 0 atom stereocenters. The highest BCUT2D eigenvalue weighted by Gasteiger charge is 2.24. The summed E-state index contributed by atoms with van der Waals surface area (Å²) in [5.74, 6) is -0.638. The maximum absolute atomic E-state index is 12.6. The number of rotatable bonds is 7. The number of hydrogen-bond donors (Lipinski definition) is 2. The van der Waals surface area contributed by atoms with Crippen molar-refractivity contribution in [2.75, 3.05) is 0 Å². The number of carbonyl (C=O) groups is 1. The molecule has 5 rings (SSSR count). The van der Waals surface area contributed by atoms with E-state index in [2.05, 4.69) is 20.0 Å². The number of thiazole rings is 1. The molecule has 2 aromatic heterocycles. The molecule has 0 unspecified atom stereocenters. The SMILES string of the molecule is O=C(Cn1c(-c2ccc3[nH]c(=O)oc3c2)csc1=Nc1ccc(OC(F)F)cc1)NC1CC1. The Bertz CT molecular complexity index is 1430. The van der Waals surface area contributed by atoms with Crippen molar-refractivity contribution < 1.29 is 22.7 Å². The van der Waals surface area contributed by atoms with Gasteiger partial charge in [0.05, 0.1) is 16.9 Å². The average molecular weight is 472 g/mol. The van der Waals surface area contributed by atoms with Gasteiger partial charge in [0.15, 0.2) is 10.4 Å². The number of alkyl halides is 2. The second-order valence-corrected chi connectivity index (χ2v) is 8.38. The van der Waals surface area contributed by atoms with Crippen LogP contribution < -0.4 is 20.6 Å². The molecule has 170 valence electrons. The van der Waals surface area contributed by atoms with Crippen molar-refractivity contribution in [2.24, 2.45) is 4.99 Å². The van der Waals surface area contributed by atoms with E-state index in [-0.39, 0.29) is 24.2 Å². The van der Waals surface area contributed by atoms with Crippen molar-refractivity contribution in [3.05, 3.63) is 63.2 Å². The Morgan fingerprint density at radius 3 is 2.79 bits per heavy atom. The number of halogens is 2. The molecule has 0 saturated heterocycles. The van der Waals surface area contributed by atoms with Crippen molar-refractivity contribution in [1.82, 2.24) is 14.9 Å². The molecule has 2 aromatic carbocycles. The lowest BCUT2D eigenvalue weighted by Crippen LogP contribution is -2.32. The lowest BCUT2D eigenvalue weighted by Gasteiger charge is -2.10. The zero-order chi connectivity index (χ0) is 22.9. The summed E-state index contributed by atoms with van der Waals surface area (Å²) in [6.45, 7) is -2.85. The van der Waals surface area contributed by atoms with Crippen LogP contribution in [0.3, 0.4) is 0 Å². The van der Waals surface area contributed by atoms with Crippen LogP contribution in [0.4, 0.5) is 14.5 Å². The van der Waals surface area contributed by atoms with Gasteiger partial charge >= 0.3 is 12.4 Å². The van der Waals surface area contributed by atoms with Crippen molar-refractivity contribution in [3.63, 3.8) is 0 Å². The Morgan fingerprint density at radius 1 is 1.27 bits per heavy atom. The molecular weight excluding hydrogens is 454 g/mol. The number of H-pyrrole nitrogens is 1. The zero-order valence-electron chi connectivity index (χ0n) is 17.1. The van der Waals surface area contributed by atoms with Crippen molar-refractivity contribution in [3.8, 4) is 17.0 Å². The maximum Gasteiger partial charge on any atom is 0.417 e. The Morgan fingerprint density at radius 2 is 2.06 bits per heavy atom. The number of fused-ring (bicyclic) bond motifs is 1. The number of amides is 1. The van der Waals surface area contributed by atoms with Crippen molar-refractivity contribution >= 4 is 34.0 Å². The fraction of sp³-hybridized carbons (Fsp3) is 0.227. The third-order valence-electron chi connectivity index (χ3n) is 5.05. The van der Waals surface area contributed by atoms with Crippen LogP contribution in [0.5, 0.6) is 5.75 Å². The molecule has 1 aliphatic carbocycles. The van der Waals surface area contributed by atoms with Crippen molar-refractivity contribution in [2.45, 2.75) is 32.0 Å². The minimum absolute atomic E-state index is 0.0359. The third kappa shape index (κ3) is 4.87. The number of benzene rings is 2. The van der Waals surface area contributed by atoms with E-state index < -0.39 is 12.4 Å². The van der Waals surface area contributed by atoms with Crippen LogP contribution in [-0.2, 0) is 11.3 Å². The van der Waals surface area contributed by atoms with Gasteiger partial charge in [-0.05, 0) is 49.2 Å². The first-order valence-corrected chi connectivity index (χ1v) is 11.0. The van der Waals surface area contributed by atoms with Gasteiger partial charge in [-0.15, -0.1) is 11.3 Å². The lowest BCUT2D eigenvalue weighted by molar-refractivity contribution is -0.121. The summed E-state index contributed by atoms with van der Waals surface area (Å²) in [5.41, 5.74) is 2.99. The molecule has 0 bridgehead atoms. The minimum atomic E-state index is -2.90. The summed E-state index contributed by atoms with van der Waals surface area (Å²) in [7, 11) is 0. The monoisotopic (exact) mass is 472 g/mol. The molecule has 0 radical (unpaired) electrons. The third-order valence-corrected chi connectivity index (χ3v) is 5.91. The van der Waals surface area contributed by atoms with E-state index in [1.807, 2.05) is 11.4 Å². The van der Waals surface area contributed by atoms with E-state index in [0.29, 0.717) is 21.6 Å². The Balaban J connectivity index is 1.53. The minimum Gasteiger partial charge on any atom is -0.435 e. The van der Waals surface area contributed by atoms with E-state index in [1.54, 1.807) is 28.8 Å². The number of oxazole rings is 1. The number of hydrogen-bond acceptors (Lipinski definition) is 6. The molecule has 4 aromatic rings. The highest BCUT2D eigenvalue weighted by atomic mass is 32.1. The Kier molecular flexibility index (Phi) is 5.55. The van der Waals surface area contributed by atoms with E-state index in [1.165, 1.54) is 23.5 Å². The first kappa shape index (κ1) is 21.1. The number of carbonyl (C=O) groups excluding carboxylic acids is 1. The first-order chi connectivity index (χ1) is 15.9. The number of nitrogens with one attached hydrogen (secondary N) is 2. The highest BCUT2D eigenvalue weighted by molar-refractivity contribution is 7.07. The van der Waals surface area contributed by atoms with Gasteiger partial charge in [0.25, 0.3) is 0 Å². The van der Waals surface area contributed by atoms with Gasteiger partial charge in [-0.2, -0.15) is 8.78 Å². The van der Waals surface area contributed by atoms with Crippen molar-refractivity contribution in [1.29, 1.82) is 0 Å². The Labute approximate surface area is 189 Å². The number of aromatic nitrogens is 2. The standard InChI is InChI=1S/C22H18F2N4O4S/c23-20(24)31-15-6-4-14(5-7-15)26-21-28(10-19(29)25-13-2-3-13)17(11-33-21)12-1-8-16-18(9-12)32-22(30)27-16/h1,4-9,11,13,20H,2-3,10H2,(H,25,29)(H,27,30). The van der Waals surface area contributed by atoms with Crippen LogP contribution in [0.2, 0.25) is 0 Å². The van der Waals surface area contributed by atoms with Gasteiger partial charge in [-0.3, -0.25) is 9.78 Å². The fourth-order valence-corrected chi connectivity index (χ4v) is 4.29. The topological polar surface area (TPSA) is 102 Å². The zero-order valence-corrected chi connectivity index (χ0v) is 17.9. The Hall–Kier alpha value is -3.73. The van der Waals surface area contributed by atoms with E-state index in [4.69, 9.17) is 4.42 Å². The smallest absolute Gasteiger partial charge is 0.417 e. The molecule has 2 N–H and O–H groups in total. The number of aromatic amines is 1. The van der Waals surface area contributed by atoms with Gasteiger partial charge in [-0.25, -0.2) is 9.79 Å². The molecule has 2 heterocycles. The summed E-state index contributed by atoms with van der Waals surface area (Å²) in [4.78, 5) is 31.8. The van der Waals surface area contributed by atoms with Gasteiger partial charge in [0.1, 0.15) is 12.3 Å². The largest absolute Gasteiger partial charge is 0.435 e. The number of ether oxygens (including phenoxy) is 1. The average Bonchev–Trinajstić information content (AvgIpc) is 3.38. The summed E-state index contributed by atoms with van der Waals surface area (Å²) < 4.78 is 36.1. The summed E-state index contributed by atoms with van der Waals surface area (Å²) >= 11 is 1.33. The lowest BCUT2D eigenvalue weighted by atomic mass is 10.1. The second-order valence-electron chi connectivity index (χ2n) is 7.54. The molecule has 0 spiro atoms. The van der Waals surface area contributed by atoms with E-state index in [0.717, 1.165) is 24.1 Å². The van der Waals surface area contributed by atoms with Gasteiger partial charge < -0.3 is 19.0 Å². The van der Waals surface area contributed by atoms with Gasteiger partial charge in [0.2, 0.25) is 5.91 Å². The second kappa shape index (κ2) is 8.66. The molecule has 1 amide bonds. The predicted molar refractivity (Wildman–Crippen MR) is 118 cm³/mol. The molecule has 1 fully saturated rings. The normalized spacial score (nSPS) is 14.2. The van der Waals surface area contributed by atoms with Crippen LogP contribution in [0.25, 0.3) is 22.4 Å². The summed E-state index contributed by atoms with van der Waals surface area (Å²) in [6, 6.07) is 11.4. The highest BCUT2D eigenvalue weighted by Crippen LogP contribution is 2.25. The van der Waals surface area contributed by atoms with Gasteiger partial charge in [0, 0.05) is 17.0 Å². The summed E-state index contributed by atoms with van der Waals surface area (Å²) in [6.07, 6.45) is 1.95. The van der Waals surface area contributed by atoms with Crippen LogP contribution in [0.15, 0.2) is 62.0 Å². The molecule has 33 heavy (non-hydrogen) atoms. The van der Waals surface area contributed by atoms with Crippen LogP contribution in [0.1, 0.15) is 12.8 Å². The molecular formula is C22H18F2N4O4S.